The van der Waals surface area contributed by atoms with Crippen LogP contribution in [0.15, 0.2) is 18.2 Å². The third-order valence-corrected chi connectivity index (χ3v) is 2.30. The van der Waals surface area contributed by atoms with Gasteiger partial charge in [0.25, 0.3) is 0 Å². The highest BCUT2D eigenvalue weighted by Gasteiger charge is 2.13. The van der Waals surface area contributed by atoms with Gasteiger partial charge in [0.05, 0.1) is 6.61 Å². The van der Waals surface area contributed by atoms with Crippen LogP contribution in [0.4, 0.5) is 0 Å². The third-order valence-electron chi connectivity index (χ3n) is 2.30. The second-order valence-corrected chi connectivity index (χ2v) is 3.17. The van der Waals surface area contributed by atoms with E-state index in [4.69, 9.17) is 5.11 Å². The van der Waals surface area contributed by atoms with Gasteiger partial charge in [-0.2, -0.15) is 0 Å². The van der Waals surface area contributed by atoms with Crippen molar-refractivity contribution in [1.29, 1.82) is 0 Å². The molecule has 0 fully saturated rings. The smallest absolute Gasteiger partial charge is 0.320 e. The largest absolute Gasteiger partial charge is 0.446 e. The van der Waals surface area contributed by atoms with E-state index >= 15 is 0 Å². The van der Waals surface area contributed by atoms with Crippen LogP contribution in [0.5, 0.6) is 0 Å². The fourth-order valence-electron chi connectivity index (χ4n) is 1.57. The maximum Gasteiger partial charge on any atom is 0.320 e. The predicted octanol–water partition coefficient (Wildman–Crippen LogP) is 0.562. The zero-order valence-electron chi connectivity index (χ0n) is 8.12. The molecule has 70 valence electrons. The fraction of sp³-hybridized carbons (Fsp3) is 0.400. The van der Waals surface area contributed by atoms with E-state index in [9.17, 15) is 5.02 Å². The summed E-state index contributed by atoms with van der Waals surface area (Å²) in [5.74, 6) is 0. The molecule has 0 aliphatic rings. The highest BCUT2D eigenvalue weighted by atomic mass is 16.3. The molecule has 0 spiro atoms. The summed E-state index contributed by atoms with van der Waals surface area (Å²) in [6.07, 6.45) is 0.885. The van der Waals surface area contributed by atoms with Crippen LogP contribution in [0.2, 0.25) is 6.82 Å². The maximum atomic E-state index is 9.44. The van der Waals surface area contributed by atoms with Crippen LogP contribution in [-0.4, -0.2) is 17.0 Å². The molecule has 0 aliphatic carbocycles. The first-order valence-corrected chi connectivity index (χ1v) is 4.60. The zero-order chi connectivity index (χ0) is 9.84. The number of aliphatic hydroxyl groups is 1. The molecule has 0 heterocycles. The minimum absolute atomic E-state index is 0.00421. The molecule has 1 aromatic carbocycles. The Labute approximate surface area is 79.3 Å². The Kier molecular flexibility index (Phi) is 3.52. The second-order valence-electron chi connectivity index (χ2n) is 3.17. The van der Waals surface area contributed by atoms with Crippen molar-refractivity contribution in [2.75, 3.05) is 0 Å². The standard InChI is InChI=1S/C10H15BO2/c1-3-8-5-4-6-10(11(2)13)9(8)7-12/h4-6,12-13H,3,7H2,1-2H3. The lowest BCUT2D eigenvalue weighted by atomic mass is 9.62. The van der Waals surface area contributed by atoms with E-state index in [0.717, 1.165) is 23.0 Å². The molecule has 2 nitrogen and oxygen atoms in total. The van der Waals surface area contributed by atoms with Gasteiger partial charge < -0.3 is 10.1 Å². The molecule has 0 aromatic heterocycles. The first-order chi connectivity index (χ1) is 6.20. The number of benzene rings is 1. The third kappa shape index (κ3) is 2.11. The molecular weight excluding hydrogens is 163 g/mol. The van der Waals surface area contributed by atoms with Crippen molar-refractivity contribution in [3.05, 3.63) is 29.3 Å². The number of aryl methyl sites for hydroxylation is 1. The Balaban J connectivity index is 3.19. The van der Waals surface area contributed by atoms with Gasteiger partial charge in [0, 0.05) is 0 Å². The molecule has 0 saturated carbocycles. The lowest BCUT2D eigenvalue weighted by Gasteiger charge is -2.11. The van der Waals surface area contributed by atoms with Gasteiger partial charge in [0.15, 0.2) is 0 Å². The molecule has 1 rings (SSSR count). The summed E-state index contributed by atoms with van der Waals surface area (Å²) in [6.45, 7) is 3.26. The van der Waals surface area contributed by atoms with Gasteiger partial charge in [-0.15, -0.1) is 0 Å². The van der Waals surface area contributed by atoms with Crippen molar-refractivity contribution in [2.45, 2.75) is 26.8 Å². The first kappa shape index (κ1) is 10.3. The number of hydrogen-bond donors (Lipinski definition) is 2. The molecule has 2 N–H and O–H groups in total. The molecular formula is C10H15BO2. The molecule has 0 atom stereocenters. The normalized spacial score (nSPS) is 10.2. The fourth-order valence-corrected chi connectivity index (χ4v) is 1.57. The van der Waals surface area contributed by atoms with Crippen LogP contribution in [0.1, 0.15) is 18.1 Å². The number of rotatable bonds is 3. The molecule has 0 unspecified atom stereocenters. The Morgan fingerprint density at radius 1 is 1.38 bits per heavy atom. The minimum Gasteiger partial charge on any atom is -0.446 e. The molecule has 0 radical (unpaired) electrons. The SMILES string of the molecule is CCc1cccc(B(C)O)c1CO. The van der Waals surface area contributed by atoms with Gasteiger partial charge in [-0.3, -0.25) is 0 Å². The molecule has 0 saturated heterocycles. The Morgan fingerprint density at radius 3 is 2.54 bits per heavy atom. The Morgan fingerprint density at radius 2 is 2.08 bits per heavy atom. The van der Waals surface area contributed by atoms with E-state index in [-0.39, 0.29) is 6.61 Å². The van der Waals surface area contributed by atoms with Crippen LogP contribution >= 0.6 is 0 Å². The molecule has 13 heavy (non-hydrogen) atoms. The number of aliphatic hydroxyl groups excluding tert-OH is 1. The summed E-state index contributed by atoms with van der Waals surface area (Å²) in [6, 6.07) is 5.76. The van der Waals surface area contributed by atoms with Crippen molar-refractivity contribution < 1.29 is 10.1 Å². The van der Waals surface area contributed by atoms with Crippen LogP contribution in [0.25, 0.3) is 0 Å². The highest BCUT2D eigenvalue weighted by molar-refractivity contribution is 6.65. The van der Waals surface area contributed by atoms with E-state index in [1.165, 1.54) is 0 Å². The van der Waals surface area contributed by atoms with Gasteiger partial charge in [0.2, 0.25) is 0 Å². The minimum atomic E-state index is -0.506. The van der Waals surface area contributed by atoms with Gasteiger partial charge in [-0.05, 0) is 23.0 Å². The maximum absolute atomic E-state index is 9.44. The van der Waals surface area contributed by atoms with Crippen molar-refractivity contribution in [1.82, 2.24) is 0 Å². The summed E-state index contributed by atoms with van der Waals surface area (Å²) in [5, 5.41) is 18.6. The van der Waals surface area contributed by atoms with Gasteiger partial charge in [-0.1, -0.05) is 31.9 Å². The van der Waals surface area contributed by atoms with E-state index in [2.05, 4.69) is 0 Å². The van der Waals surface area contributed by atoms with Crippen LogP contribution < -0.4 is 5.46 Å². The summed E-state index contributed by atoms with van der Waals surface area (Å²) in [7, 11) is 0. The van der Waals surface area contributed by atoms with Crippen LogP contribution in [0, 0.1) is 0 Å². The average Bonchev–Trinajstić information content (AvgIpc) is 2.16. The Hall–Kier alpha value is -0.795. The zero-order valence-corrected chi connectivity index (χ0v) is 8.12. The monoisotopic (exact) mass is 178 g/mol. The van der Waals surface area contributed by atoms with Gasteiger partial charge >= 0.3 is 6.92 Å². The molecule has 0 aliphatic heterocycles. The lowest BCUT2D eigenvalue weighted by molar-refractivity contribution is 0.281. The summed E-state index contributed by atoms with van der Waals surface area (Å²) in [5.41, 5.74) is 2.82. The highest BCUT2D eigenvalue weighted by Crippen LogP contribution is 2.07. The van der Waals surface area contributed by atoms with Crippen molar-refractivity contribution in [3.63, 3.8) is 0 Å². The lowest BCUT2D eigenvalue weighted by Crippen LogP contribution is -2.30. The average molecular weight is 178 g/mol. The van der Waals surface area contributed by atoms with E-state index < -0.39 is 6.92 Å². The van der Waals surface area contributed by atoms with Crippen molar-refractivity contribution in [2.24, 2.45) is 0 Å². The molecule has 1 aromatic rings. The predicted molar refractivity (Wildman–Crippen MR) is 55.2 cm³/mol. The molecule has 0 bridgehead atoms. The van der Waals surface area contributed by atoms with Crippen molar-refractivity contribution in [3.8, 4) is 0 Å². The topological polar surface area (TPSA) is 40.5 Å². The second kappa shape index (κ2) is 4.44. The molecule has 3 heteroatoms. The van der Waals surface area contributed by atoms with E-state index in [0.29, 0.717) is 0 Å². The first-order valence-electron chi connectivity index (χ1n) is 4.60. The van der Waals surface area contributed by atoms with Gasteiger partial charge in [-0.25, -0.2) is 0 Å². The van der Waals surface area contributed by atoms with Crippen molar-refractivity contribution >= 4 is 12.4 Å². The van der Waals surface area contributed by atoms with E-state index in [1.807, 2.05) is 25.1 Å². The summed E-state index contributed by atoms with van der Waals surface area (Å²) in [4.78, 5) is 0. The van der Waals surface area contributed by atoms with Crippen LogP contribution in [-0.2, 0) is 13.0 Å². The Bertz CT molecular complexity index is 284. The summed E-state index contributed by atoms with van der Waals surface area (Å²) >= 11 is 0. The quantitative estimate of drug-likeness (QED) is 0.664. The summed E-state index contributed by atoms with van der Waals surface area (Å²) < 4.78 is 0. The number of hydrogen-bond acceptors (Lipinski definition) is 2. The van der Waals surface area contributed by atoms with Crippen LogP contribution in [0.3, 0.4) is 0 Å². The van der Waals surface area contributed by atoms with Gasteiger partial charge in [0.1, 0.15) is 0 Å². The van der Waals surface area contributed by atoms with E-state index in [1.54, 1.807) is 6.82 Å². The molecule has 0 amide bonds.